The number of aromatic nitrogens is 1. The van der Waals surface area contributed by atoms with Gasteiger partial charge in [0.25, 0.3) is 5.91 Å². The van der Waals surface area contributed by atoms with E-state index in [1.807, 2.05) is 30.5 Å². The van der Waals surface area contributed by atoms with Crippen LogP contribution in [-0.2, 0) is 20.9 Å². The van der Waals surface area contributed by atoms with Crippen molar-refractivity contribution in [2.45, 2.75) is 25.4 Å². The standard InChI is InChI=1S/C23H24N4O4/c1-31-14-13-27-12-11-15-17(7-4-8-20(15)27)24-21(28)10-9-19-23(30)25-18-6-3-2-5-16(18)22(29)26-19/h2-8,11-12,19H,9-10,13-14H2,1H3,(H,24,28)(H,25,30)(H,26,29). The molecule has 1 aromatic heterocycles. The Morgan fingerprint density at radius 2 is 1.97 bits per heavy atom. The zero-order valence-corrected chi connectivity index (χ0v) is 17.2. The van der Waals surface area contributed by atoms with E-state index in [1.54, 1.807) is 31.4 Å². The Morgan fingerprint density at radius 1 is 1.13 bits per heavy atom. The Labute approximate surface area is 179 Å². The number of carbonyl (C=O) groups is 3. The molecule has 1 aliphatic heterocycles. The van der Waals surface area contributed by atoms with Crippen molar-refractivity contribution in [3.05, 3.63) is 60.3 Å². The fourth-order valence-electron chi connectivity index (χ4n) is 3.72. The van der Waals surface area contributed by atoms with Crippen molar-refractivity contribution in [1.82, 2.24) is 9.88 Å². The molecule has 0 saturated carbocycles. The number of hydrogen-bond donors (Lipinski definition) is 3. The second-order valence-electron chi connectivity index (χ2n) is 7.39. The number of amides is 3. The second kappa shape index (κ2) is 9.01. The molecule has 3 N–H and O–H groups in total. The van der Waals surface area contributed by atoms with Crippen molar-refractivity contribution >= 4 is 40.0 Å². The number of carbonyl (C=O) groups excluding carboxylic acids is 3. The van der Waals surface area contributed by atoms with E-state index in [9.17, 15) is 14.4 Å². The first-order valence-corrected chi connectivity index (χ1v) is 10.1. The van der Waals surface area contributed by atoms with Crippen LogP contribution in [0.2, 0.25) is 0 Å². The first-order chi connectivity index (χ1) is 15.1. The number of anilines is 2. The molecule has 0 fully saturated rings. The van der Waals surface area contributed by atoms with Crippen LogP contribution < -0.4 is 16.0 Å². The molecule has 160 valence electrons. The Bertz CT molecular complexity index is 1140. The van der Waals surface area contributed by atoms with E-state index < -0.39 is 6.04 Å². The zero-order valence-electron chi connectivity index (χ0n) is 17.2. The van der Waals surface area contributed by atoms with Gasteiger partial charge in [0.15, 0.2) is 0 Å². The van der Waals surface area contributed by atoms with E-state index >= 15 is 0 Å². The molecule has 8 nitrogen and oxygen atoms in total. The number of hydrogen-bond acceptors (Lipinski definition) is 4. The number of rotatable bonds is 7. The van der Waals surface area contributed by atoms with Gasteiger partial charge in [0.2, 0.25) is 11.8 Å². The SMILES string of the molecule is COCCn1ccc2c(NC(=O)CCC3NC(=O)c4ccccc4NC3=O)cccc21. The van der Waals surface area contributed by atoms with Gasteiger partial charge in [-0.25, -0.2) is 0 Å². The monoisotopic (exact) mass is 420 g/mol. The highest BCUT2D eigenvalue weighted by atomic mass is 16.5. The van der Waals surface area contributed by atoms with Gasteiger partial charge in [-0.3, -0.25) is 14.4 Å². The summed E-state index contributed by atoms with van der Waals surface area (Å²) in [5.41, 5.74) is 2.59. The van der Waals surface area contributed by atoms with Gasteiger partial charge in [-0.05, 0) is 36.8 Å². The maximum absolute atomic E-state index is 12.6. The summed E-state index contributed by atoms with van der Waals surface area (Å²) in [7, 11) is 1.66. The molecule has 31 heavy (non-hydrogen) atoms. The second-order valence-corrected chi connectivity index (χ2v) is 7.39. The summed E-state index contributed by atoms with van der Waals surface area (Å²) in [6.45, 7) is 1.32. The van der Waals surface area contributed by atoms with Crippen LogP contribution in [0.4, 0.5) is 11.4 Å². The van der Waals surface area contributed by atoms with Gasteiger partial charge in [0.1, 0.15) is 6.04 Å². The van der Waals surface area contributed by atoms with Crippen LogP contribution in [0, 0.1) is 0 Å². The Kier molecular flexibility index (Phi) is 5.99. The molecule has 0 bridgehead atoms. The quantitative estimate of drug-likeness (QED) is 0.547. The smallest absolute Gasteiger partial charge is 0.254 e. The lowest BCUT2D eigenvalue weighted by atomic mass is 10.1. The molecular weight excluding hydrogens is 396 g/mol. The van der Waals surface area contributed by atoms with E-state index in [0.717, 1.165) is 17.4 Å². The molecule has 0 saturated heterocycles. The number of para-hydroxylation sites is 1. The highest BCUT2D eigenvalue weighted by Crippen LogP contribution is 2.25. The summed E-state index contributed by atoms with van der Waals surface area (Å²) in [6, 6.07) is 13.7. The number of ether oxygens (including phenoxy) is 1. The van der Waals surface area contributed by atoms with E-state index in [1.165, 1.54) is 0 Å². The van der Waals surface area contributed by atoms with Crippen LogP contribution >= 0.6 is 0 Å². The molecule has 0 aliphatic carbocycles. The van der Waals surface area contributed by atoms with Gasteiger partial charge in [-0.15, -0.1) is 0 Å². The lowest BCUT2D eigenvalue weighted by molar-refractivity contribution is -0.118. The predicted octanol–water partition coefficient (Wildman–Crippen LogP) is 2.76. The molecule has 2 heterocycles. The molecule has 2 aromatic carbocycles. The van der Waals surface area contributed by atoms with Crippen LogP contribution in [-0.4, -0.2) is 42.0 Å². The molecule has 0 radical (unpaired) electrons. The number of methoxy groups -OCH3 is 1. The van der Waals surface area contributed by atoms with Crippen molar-refractivity contribution in [2.75, 3.05) is 24.4 Å². The van der Waals surface area contributed by atoms with Gasteiger partial charge < -0.3 is 25.3 Å². The van der Waals surface area contributed by atoms with Crippen LogP contribution in [0.5, 0.6) is 0 Å². The zero-order chi connectivity index (χ0) is 21.8. The van der Waals surface area contributed by atoms with Gasteiger partial charge in [-0.2, -0.15) is 0 Å². The Hall–Kier alpha value is -3.65. The summed E-state index contributed by atoms with van der Waals surface area (Å²) in [6.07, 6.45) is 2.25. The molecule has 0 spiro atoms. The van der Waals surface area contributed by atoms with Crippen molar-refractivity contribution in [3.8, 4) is 0 Å². The normalized spacial score (nSPS) is 15.7. The number of nitrogens with one attached hydrogen (secondary N) is 3. The summed E-state index contributed by atoms with van der Waals surface area (Å²) in [5, 5.41) is 9.32. The summed E-state index contributed by atoms with van der Waals surface area (Å²) >= 11 is 0. The summed E-state index contributed by atoms with van der Waals surface area (Å²) < 4.78 is 7.21. The van der Waals surface area contributed by atoms with Crippen molar-refractivity contribution < 1.29 is 19.1 Å². The molecule has 4 rings (SSSR count). The minimum absolute atomic E-state index is 0.0927. The fraction of sp³-hybridized carbons (Fsp3) is 0.261. The maximum atomic E-state index is 12.6. The molecule has 3 amide bonds. The third-order valence-corrected chi connectivity index (χ3v) is 5.34. The molecule has 1 aliphatic rings. The van der Waals surface area contributed by atoms with Gasteiger partial charge in [0.05, 0.1) is 29.1 Å². The first-order valence-electron chi connectivity index (χ1n) is 10.1. The van der Waals surface area contributed by atoms with E-state index in [2.05, 4.69) is 20.5 Å². The van der Waals surface area contributed by atoms with E-state index in [4.69, 9.17) is 4.74 Å². The minimum atomic E-state index is -0.781. The summed E-state index contributed by atoms with van der Waals surface area (Å²) in [5.74, 6) is -0.883. The maximum Gasteiger partial charge on any atom is 0.254 e. The molecule has 1 unspecified atom stereocenters. The Morgan fingerprint density at radius 3 is 2.81 bits per heavy atom. The lowest BCUT2D eigenvalue weighted by Crippen LogP contribution is -2.41. The topological polar surface area (TPSA) is 101 Å². The highest BCUT2D eigenvalue weighted by molar-refractivity contribution is 6.10. The third kappa shape index (κ3) is 4.44. The summed E-state index contributed by atoms with van der Waals surface area (Å²) in [4.78, 5) is 37.5. The Balaban J connectivity index is 1.40. The molecular formula is C23H24N4O4. The average molecular weight is 420 g/mol. The van der Waals surface area contributed by atoms with Crippen molar-refractivity contribution in [3.63, 3.8) is 0 Å². The molecule has 8 heteroatoms. The van der Waals surface area contributed by atoms with Gasteiger partial charge in [-0.1, -0.05) is 18.2 Å². The third-order valence-electron chi connectivity index (χ3n) is 5.34. The first kappa shape index (κ1) is 20.6. The minimum Gasteiger partial charge on any atom is -0.383 e. The van der Waals surface area contributed by atoms with E-state index in [0.29, 0.717) is 23.5 Å². The highest BCUT2D eigenvalue weighted by Gasteiger charge is 2.27. The van der Waals surface area contributed by atoms with Crippen LogP contribution in [0.3, 0.4) is 0 Å². The van der Waals surface area contributed by atoms with Crippen molar-refractivity contribution in [2.24, 2.45) is 0 Å². The van der Waals surface area contributed by atoms with Gasteiger partial charge in [0, 0.05) is 31.7 Å². The number of benzene rings is 2. The molecule has 3 aromatic rings. The van der Waals surface area contributed by atoms with Crippen LogP contribution in [0.15, 0.2) is 54.7 Å². The van der Waals surface area contributed by atoms with Crippen LogP contribution in [0.25, 0.3) is 10.9 Å². The van der Waals surface area contributed by atoms with Crippen molar-refractivity contribution in [1.29, 1.82) is 0 Å². The van der Waals surface area contributed by atoms with Gasteiger partial charge >= 0.3 is 0 Å². The average Bonchev–Trinajstić information content (AvgIpc) is 3.14. The number of nitrogens with zero attached hydrogens (tertiary/aromatic N) is 1. The predicted molar refractivity (Wildman–Crippen MR) is 118 cm³/mol. The lowest BCUT2D eigenvalue weighted by Gasteiger charge is -2.14. The van der Waals surface area contributed by atoms with E-state index in [-0.39, 0.29) is 30.6 Å². The largest absolute Gasteiger partial charge is 0.383 e. The van der Waals surface area contributed by atoms with Crippen LogP contribution in [0.1, 0.15) is 23.2 Å². The number of fused-ring (bicyclic) bond motifs is 2. The molecule has 1 atom stereocenters. The fourth-order valence-corrected chi connectivity index (χ4v) is 3.72.